The van der Waals surface area contributed by atoms with Gasteiger partial charge in [0.15, 0.2) is 5.69 Å². The summed E-state index contributed by atoms with van der Waals surface area (Å²) in [6.07, 6.45) is -5.69. The van der Waals surface area contributed by atoms with E-state index < -0.39 is 130 Å². The van der Waals surface area contributed by atoms with Crippen molar-refractivity contribution in [2.45, 2.75) is 69.3 Å². The van der Waals surface area contributed by atoms with Crippen LogP contribution < -0.4 is 30.7 Å². The number of aliphatic hydroxyl groups excluding tert-OH is 5. The number of aromatic nitrogens is 3. The lowest BCUT2D eigenvalue weighted by Crippen LogP contribution is -2.55. The molecule has 5 heterocycles. The van der Waals surface area contributed by atoms with Crippen LogP contribution in [0, 0.1) is 0 Å². The van der Waals surface area contributed by atoms with Gasteiger partial charge in [-0.05, 0) is 50.6 Å². The van der Waals surface area contributed by atoms with E-state index in [-0.39, 0.29) is 82.8 Å². The van der Waals surface area contributed by atoms with Crippen molar-refractivity contribution in [1.82, 2.24) is 55.2 Å². The Hall–Kier alpha value is -7.66. The van der Waals surface area contributed by atoms with E-state index in [9.17, 15) is 74.1 Å². The highest BCUT2D eigenvalue weighted by Gasteiger charge is 2.40. The molecule has 2 aromatic carbocycles. The van der Waals surface area contributed by atoms with E-state index in [1.807, 2.05) is 13.8 Å². The second-order valence-electron chi connectivity index (χ2n) is 22.6. The van der Waals surface area contributed by atoms with E-state index in [4.69, 9.17) is 47.6 Å². The lowest BCUT2D eigenvalue weighted by molar-refractivity contribution is -0.140. The number of aliphatic hydroxyl groups is 5. The Morgan fingerprint density at radius 1 is 0.703 bits per heavy atom. The van der Waals surface area contributed by atoms with Gasteiger partial charge in [-0.2, -0.15) is 5.10 Å². The van der Waals surface area contributed by atoms with Gasteiger partial charge in [0.05, 0.1) is 94.6 Å². The smallest absolute Gasteiger partial charge is 0.317 e. The summed E-state index contributed by atoms with van der Waals surface area (Å²) >= 11 is 13.0. The molecule has 5 amide bonds. The minimum absolute atomic E-state index is 0.0393. The van der Waals surface area contributed by atoms with Gasteiger partial charge in [0.1, 0.15) is 42.5 Å². The van der Waals surface area contributed by atoms with E-state index in [1.165, 1.54) is 19.5 Å². The van der Waals surface area contributed by atoms with E-state index in [0.29, 0.717) is 74.9 Å². The van der Waals surface area contributed by atoms with Crippen molar-refractivity contribution in [1.29, 1.82) is 0 Å². The first-order chi connectivity index (χ1) is 43.2. The van der Waals surface area contributed by atoms with Gasteiger partial charge < -0.3 is 81.2 Å². The highest BCUT2D eigenvalue weighted by molar-refractivity contribution is 6.35. The molecule has 0 bridgehead atoms. The van der Waals surface area contributed by atoms with Crippen molar-refractivity contribution in [2.24, 2.45) is 0 Å². The first kappa shape index (κ1) is 70.8. The number of fused-ring (bicyclic) bond motifs is 3. The van der Waals surface area contributed by atoms with E-state index in [1.54, 1.807) is 65.6 Å². The number of pyridine rings is 1. The van der Waals surface area contributed by atoms with Gasteiger partial charge in [0.2, 0.25) is 23.6 Å². The molecule has 0 spiro atoms. The van der Waals surface area contributed by atoms with E-state index in [2.05, 4.69) is 26.3 Å². The number of carboxylic acids is 3. The van der Waals surface area contributed by atoms with Crippen LogP contribution in [0.5, 0.6) is 11.5 Å². The molecule has 3 aliphatic heterocycles. The Balaban J connectivity index is 1.09. The Kier molecular flexibility index (Phi) is 25.3. The highest BCUT2D eigenvalue weighted by Crippen LogP contribution is 2.47. The number of carbonyl (C=O) groups excluding carboxylic acids is 5. The summed E-state index contributed by atoms with van der Waals surface area (Å²) < 4.78 is 19.5. The van der Waals surface area contributed by atoms with Crippen LogP contribution in [-0.2, 0) is 44.9 Å². The highest BCUT2D eigenvalue weighted by atomic mass is 35.5. The zero-order chi connectivity index (χ0) is 66.3. The van der Waals surface area contributed by atoms with Crippen molar-refractivity contribution in [2.75, 3.05) is 130 Å². The fourth-order valence-electron chi connectivity index (χ4n) is 10.6. The summed E-state index contributed by atoms with van der Waals surface area (Å²) in [5.74, 6) is -6.36. The lowest BCUT2D eigenvalue weighted by Gasteiger charge is -2.41. The van der Waals surface area contributed by atoms with Gasteiger partial charge in [-0.25, -0.2) is 4.68 Å². The monoisotopic (exact) mass is 1310 g/mol. The molecule has 31 nitrogen and oxygen atoms in total. The molecule has 496 valence electrons. The summed E-state index contributed by atoms with van der Waals surface area (Å²) in [4.78, 5) is 117. The summed E-state index contributed by atoms with van der Waals surface area (Å²) in [6, 6.07) is 8.37. The van der Waals surface area contributed by atoms with Crippen LogP contribution >= 0.6 is 23.2 Å². The molecule has 0 saturated carbocycles. The Morgan fingerprint density at radius 3 is 1.85 bits per heavy atom. The van der Waals surface area contributed by atoms with Crippen LogP contribution in [0.15, 0.2) is 48.8 Å². The molecule has 33 heteroatoms. The van der Waals surface area contributed by atoms with Gasteiger partial charge >= 0.3 is 17.9 Å². The number of morpholine rings is 1. The number of nitrogens with zero attached hydrogens (tertiary/aromatic N) is 8. The first-order valence-corrected chi connectivity index (χ1v) is 29.8. The maximum atomic E-state index is 14.5. The number of amides is 5. The van der Waals surface area contributed by atoms with Crippen LogP contribution in [-0.4, -0.2) is 289 Å². The Labute approximate surface area is 532 Å². The molecule has 0 aliphatic carbocycles. The molecule has 2 saturated heterocycles. The molecule has 2 aromatic heterocycles. The number of nitrogens with one attached hydrogen (secondary N) is 4. The van der Waals surface area contributed by atoms with Crippen molar-refractivity contribution in [3.05, 3.63) is 70.1 Å². The van der Waals surface area contributed by atoms with Crippen LogP contribution in [0.1, 0.15) is 42.7 Å². The second kappa shape index (κ2) is 32.6. The van der Waals surface area contributed by atoms with E-state index >= 15 is 0 Å². The number of carboxylic acid groups (broad SMARTS) is 3. The molecule has 5 atom stereocenters. The summed E-state index contributed by atoms with van der Waals surface area (Å²) in [5.41, 5.74) is 2.48. The van der Waals surface area contributed by atoms with Crippen LogP contribution in [0.25, 0.3) is 28.1 Å². The predicted octanol–water partition coefficient (Wildman–Crippen LogP) is -1.59. The normalized spacial score (nSPS) is 17.6. The van der Waals surface area contributed by atoms with Crippen molar-refractivity contribution in [3.63, 3.8) is 0 Å². The van der Waals surface area contributed by atoms with Crippen molar-refractivity contribution in [3.8, 4) is 39.6 Å². The van der Waals surface area contributed by atoms with Crippen molar-refractivity contribution >= 4 is 76.3 Å². The molecule has 7 rings (SSSR count). The maximum Gasteiger partial charge on any atom is 0.317 e. The Bertz CT molecular complexity index is 3230. The molecule has 0 unspecified atom stereocenters. The SMILES string of the molecule is COc1cc2c(cc1-c1cncc(NC(=O)CNC(=O)[C@H](CCC(=O)NC[C@H](O)[C@@H](O)[C@H](O)[C@H](O)CO)NC(=O)CN3CCN(CC(=O)O)CCN(CC(=O)O)CCN(CC(=O)O)CC3)c1)-c1c(c(C(=O)N3CCOCC3(C)C)nn1-c1cc(Cl)cc(Cl)c1)CO2. The number of methoxy groups -OCH3 is 1. The quantitative estimate of drug-likeness (QED) is 0.0337. The van der Waals surface area contributed by atoms with Gasteiger partial charge in [0.25, 0.3) is 5.91 Å². The van der Waals surface area contributed by atoms with Crippen LogP contribution in [0.4, 0.5) is 5.69 Å². The second-order valence-corrected chi connectivity index (χ2v) is 23.5. The molecule has 4 aromatic rings. The van der Waals surface area contributed by atoms with Gasteiger partial charge in [0, 0.05) is 116 Å². The predicted molar refractivity (Wildman–Crippen MR) is 325 cm³/mol. The number of rotatable bonds is 26. The number of carbonyl (C=O) groups is 8. The van der Waals surface area contributed by atoms with Crippen LogP contribution in [0.2, 0.25) is 10.0 Å². The minimum atomic E-state index is -2.00. The molecule has 2 fully saturated rings. The first-order valence-electron chi connectivity index (χ1n) is 29.0. The van der Waals surface area contributed by atoms with Gasteiger partial charge in [-0.1, -0.05) is 23.2 Å². The third-order valence-electron chi connectivity index (χ3n) is 15.4. The minimum Gasteiger partial charge on any atom is -0.496 e. The summed E-state index contributed by atoms with van der Waals surface area (Å²) in [6.45, 7) is 1.47. The topological polar surface area (TPSA) is 421 Å². The molecule has 0 radical (unpaired) electrons. The van der Waals surface area contributed by atoms with E-state index in [0.717, 1.165) is 0 Å². The molecule has 91 heavy (non-hydrogen) atoms. The molecular formula is C58H76Cl2N12O19. The Morgan fingerprint density at radius 2 is 1.29 bits per heavy atom. The number of ether oxygens (including phenoxy) is 3. The summed E-state index contributed by atoms with van der Waals surface area (Å²) in [5, 5.41) is 94.0. The molecule has 12 N–H and O–H groups in total. The fraction of sp³-hybridized carbons (Fsp3) is 0.517. The zero-order valence-corrected chi connectivity index (χ0v) is 51.8. The number of hydrogen-bond acceptors (Lipinski definition) is 22. The number of halogens is 2. The average Bonchev–Trinajstić information content (AvgIpc) is 1.64. The zero-order valence-electron chi connectivity index (χ0n) is 50.3. The molecular weight excluding hydrogens is 1240 g/mol. The maximum absolute atomic E-state index is 14.5. The summed E-state index contributed by atoms with van der Waals surface area (Å²) in [7, 11) is 1.45. The third-order valence-corrected chi connectivity index (χ3v) is 15.8. The number of aliphatic carboxylic acids is 3. The number of benzene rings is 2. The molecule has 3 aliphatic rings. The fourth-order valence-corrected chi connectivity index (χ4v) is 11.1. The van der Waals surface area contributed by atoms with Crippen LogP contribution in [0.3, 0.4) is 0 Å². The van der Waals surface area contributed by atoms with Crippen molar-refractivity contribution < 1.29 is 93.4 Å². The standard InChI is InChI=1S/C58H76Cl2N12O19/c1-58(2)32-90-15-14-71(58)57(88)52-40-31-91-45-21-44(89-3)38(20-39(45)53(40)72(66-52)37-18-34(59)17-35(60)19-37)33-16-36(23-61-22-33)64-47(77)25-63-56(87)41(4-5-46(76)62-24-42(74)54(85)55(86)43(75)30-73)65-48(78)26-67-6-8-68(27-49(79)80)10-12-70(29-51(83)84)13-11-69(9-7-67)28-50(81)82/h16-23,41-43,54-55,73-75,85-86H,4-15,24-32H2,1-3H3,(H,62,76)(H,63,87)(H,64,77)(H,65,78)(H,79,80)(H,81,82)(H,83,84)/t41-,42-,43+,54+,55+/m0/s1. The van der Waals surface area contributed by atoms with Gasteiger partial charge in [-0.15, -0.1) is 0 Å². The number of anilines is 1. The third kappa shape index (κ3) is 19.7. The largest absolute Gasteiger partial charge is 0.496 e. The average molecular weight is 1320 g/mol. The number of hydrogen-bond donors (Lipinski definition) is 12. The van der Waals surface area contributed by atoms with Gasteiger partial charge in [-0.3, -0.25) is 62.9 Å². The lowest BCUT2D eigenvalue weighted by atomic mass is 9.95.